The number of carboxylic acids is 1. The van der Waals surface area contributed by atoms with Crippen molar-refractivity contribution >= 4 is 11.9 Å². The highest BCUT2D eigenvalue weighted by atomic mass is 16.4. The van der Waals surface area contributed by atoms with E-state index in [9.17, 15) is 9.59 Å². The van der Waals surface area contributed by atoms with Crippen LogP contribution in [0.5, 0.6) is 0 Å². The highest BCUT2D eigenvalue weighted by Gasteiger charge is 2.24. The molecule has 6 heteroatoms. The van der Waals surface area contributed by atoms with Gasteiger partial charge in [0.1, 0.15) is 0 Å². The van der Waals surface area contributed by atoms with Gasteiger partial charge in [-0.15, -0.1) is 0 Å². The minimum absolute atomic E-state index is 0.199. The van der Waals surface area contributed by atoms with Crippen LogP contribution in [0, 0.1) is 5.92 Å². The standard InChI is InChI=1S/C15H27N3O3/c1-13-2-6-18(7-3-13)14(19)12-17-10-8-16(9-11-17)5-4-15(20)21/h13H,2-12H2,1H3,(H,20,21). The number of aliphatic carboxylic acids is 1. The van der Waals surface area contributed by atoms with Crippen molar-refractivity contribution in [3.63, 3.8) is 0 Å². The molecule has 6 nitrogen and oxygen atoms in total. The number of hydrogen-bond donors (Lipinski definition) is 1. The van der Waals surface area contributed by atoms with Crippen LogP contribution in [0.2, 0.25) is 0 Å². The van der Waals surface area contributed by atoms with Crippen molar-refractivity contribution in [3.05, 3.63) is 0 Å². The second-order valence-electron chi connectivity index (χ2n) is 6.32. The maximum Gasteiger partial charge on any atom is 0.304 e. The van der Waals surface area contributed by atoms with E-state index in [2.05, 4.69) is 16.7 Å². The maximum absolute atomic E-state index is 12.3. The highest BCUT2D eigenvalue weighted by molar-refractivity contribution is 5.78. The molecule has 0 radical (unpaired) electrons. The van der Waals surface area contributed by atoms with Gasteiger partial charge >= 0.3 is 5.97 Å². The summed E-state index contributed by atoms with van der Waals surface area (Å²) in [5, 5.41) is 8.69. The third-order valence-corrected chi connectivity index (χ3v) is 4.60. The molecule has 0 spiro atoms. The Labute approximate surface area is 126 Å². The molecule has 0 aromatic rings. The van der Waals surface area contributed by atoms with Crippen LogP contribution < -0.4 is 0 Å². The SMILES string of the molecule is CC1CCN(C(=O)CN2CCN(CCC(=O)O)CC2)CC1. The topological polar surface area (TPSA) is 64.1 Å². The van der Waals surface area contributed by atoms with Gasteiger partial charge in [-0.25, -0.2) is 0 Å². The molecule has 120 valence electrons. The number of piperidine rings is 1. The lowest BCUT2D eigenvalue weighted by molar-refractivity contribution is -0.137. The first-order valence-electron chi connectivity index (χ1n) is 7.99. The zero-order valence-electron chi connectivity index (χ0n) is 13.0. The number of carboxylic acid groups (broad SMARTS) is 1. The van der Waals surface area contributed by atoms with Crippen molar-refractivity contribution in [2.75, 3.05) is 52.4 Å². The summed E-state index contributed by atoms with van der Waals surface area (Å²) in [7, 11) is 0. The fraction of sp³-hybridized carbons (Fsp3) is 0.867. The van der Waals surface area contributed by atoms with Gasteiger partial charge in [0.05, 0.1) is 13.0 Å². The number of nitrogens with zero attached hydrogens (tertiary/aromatic N) is 3. The van der Waals surface area contributed by atoms with E-state index in [1.807, 2.05) is 4.90 Å². The van der Waals surface area contributed by atoms with Crippen molar-refractivity contribution in [1.29, 1.82) is 0 Å². The van der Waals surface area contributed by atoms with Gasteiger partial charge in [-0.1, -0.05) is 6.92 Å². The maximum atomic E-state index is 12.3. The Balaban J connectivity index is 1.66. The molecule has 0 unspecified atom stereocenters. The average Bonchev–Trinajstić information content (AvgIpc) is 2.47. The van der Waals surface area contributed by atoms with Crippen LogP contribution in [-0.4, -0.2) is 84.0 Å². The minimum Gasteiger partial charge on any atom is -0.481 e. The summed E-state index contributed by atoms with van der Waals surface area (Å²) < 4.78 is 0. The number of piperazine rings is 1. The van der Waals surface area contributed by atoms with Gasteiger partial charge in [0.25, 0.3) is 0 Å². The Morgan fingerprint density at radius 2 is 1.57 bits per heavy atom. The van der Waals surface area contributed by atoms with E-state index in [1.165, 1.54) is 0 Å². The van der Waals surface area contributed by atoms with E-state index >= 15 is 0 Å². The Bertz CT molecular complexity index is 359. The summed E-state index contributed by atoms with van der Waals surface area (Å²) in [5.41, 5.74) is 0. The van der Waals surface area contributed by atoms with E-state index in [0.29, 0.717) is 13.1 Å². The molecular formula is C15H27N3O3. The zero-order chi connectivity index (χ0) is 15.2. The summed E-state index contributed by atoms with van der Waals surface area (Å²) in [4.78, 5) is 29.2. The van der Waals surface area contributed by atoms with Crippen LogP contribution in [0.25, 0.3) is 0 Å². The van der Waals surface area contributed by atoms with Crippen LogP contribution in [0.4, 0.5) is 0 Å². The first kappa shape index (κ1) is 16.2. The molecular weight excluding hydrogens is 270 g/mol. The highest BCUT2D eigenvalue weighted by Crippen LogP contribution is 2.16. The van der Waals surface area contributed by atoms with Crippen molar-refractivity contribution in [3.8, 4) is 0 Å². The second-order valence-corrected chi connectivity index (χ2v) is 6.32. The molecule has 2 heterocycles. The molecule has 0 atom stereocenters. The molecule has 2 aliphatic rings. The van der Waals surface area contributed by atoms with E-state index in [0.717, 1.165) is 58.0 Å². The number of carbonyl (C=O) groups is 2. The summed E-state index contributed by atoms with van der Waals surface area (Å²) in [5.74, 6) is 0.250. The van der Waals surface area contributed by atoms with Crippen molar-refractivity contribution in [2.45, 2.75) is 26.2 Å². The van der Waals surface area contributed by atoms with Crippen molar-refractivity contribution in [2.24, 2.45) is 5.92 Å². The Morgan fingerprint density at radius 1 is 1.00 bits per heavy atom. The molecule has 2 saturated heterocycles. The fourth-order valence-electron chi connectivity index (χ4n) is 2.97. The predicted molar refractivity (Wildman–Crippen MR) is 80.1 cm³/mol. The molecule has 0 aromatic heterocycles. The van der Waals surface area contributed by atoms with Gasteiger partial charge in [0, 0.05) is 45.8 Å². The smallest absolute Gasteiger partial charge is 0.304 e. The molecule has 21 heavy (non-hydrogen) atoms. The third kappa shape index (κ3) is 5.28. The molecule has 0 saturated carbocycles. The average molecular weight is 297 g/mol. The Kier molecular flexibility index (Phi) is 5.99. The fourth-order valence-corrected chi connectivity index (χ4v) is 2.97. The number of carbonyl (C=O) groups excluding carboxylic acids is 1. The molecule has 0 aliphatic carbocycles. The van der Waals surface area contributed by atoms with Crippen LogP contribution >= 0.6 is 0 Å². The predicted octanol–water partition coefficient (Wildman–Crippen LogP) is 0.337. The minimum atomic E-state index is -0.744. The van der Waals surface area contributed by atoms with Crippen LogP contribution in [0.3, 0.4) is 0 Å². The number of rotatable bonds is 5. The van der Waals surface area contributed by atoms with Crippen LogP contribution in [0.15, 0.2) is 0 Å². The molecule has 2 fully saturated rings. The van der Waals surface area contributed by atoms with Gasteiger partial charge in [-0.05, 0) is 18.8 Å². The number of amides is 1. The lowest BCUT2D eigenvalue weighted by Gasteiger charge is -2.36. The summed E-state index contributed by atoms with van der Waals surface area (Å²) >= 11 is 0. The van der Waals surface area contributed by atoms with E-state index in [1.54, 1.807) is 0 Å². The number of likely N-dealkylation sites (tertiary alicyclic amines) is 1. The molecule has 0 bridgehead atoms. The van der Waals surface area contributed by atoms with E-state index in [-0.39, 0.29) is 12.3 Å². The largest absolute Gasteiger partial charge is 0.481 e. The van der Waals surface area contributed by atoms with Crippen molar-refractivity contribution < 1.29 is 14.7 Å². The first-order chi connectivity index (χ1) is 10.0. The van der Waals surface area contributed by atoms with E-state index < -0.39 is 5.97 Å². The lowest BCUT2D eigenvalue weighted by Crippen LogP contribution is -2.51. The summed E-state index contributed by atoms with van der Waals surface area (Å²) in [6.45, 7) is 8.61. The van der Waals surface area contributed by atoms with Gasteiger partial charge < -0.3 is 14.9 Å². The third-order valence-electron chi connectivity index (χ3n) is 4.60. The second kappa shape index (κ2) is 7.75. The molecule has 0 aromatic carbocycles. The van der Waals surface area contributed by atoms with Gasteiger partial charge in [0.2, 0.25) is 5.91 Å². The van der Waals surface area contributed by atoms with Crippen LogP contribution in [-0.2, 0) is 9.59 Å². The van der Waals surface area contributed by atoms with Gasteiger partial charge in [0.15, 0.2) is 0 Å². The van der Waals surface area contributed by atoms with Gasteiger partial charge in [-0.3, -0.25) is 14.5 Å². The molecule has 2 aliphatic heterocycles. The quantitative estimate of drug-likeness (QED) is 0.792. The first-order valence-corrected chi connectivity index (χ1v) is 7.99. The van der Waals surface area contributed by atoms with Crippen LogP contribution in [0.1, 0.15) is 26.2 Å². The lowest BCUT2D eigenvalue weighted by atomic mass is 9.99. The Morgan fingerprint density at radius 3 is 2.14 bits per heavy atom. The molecule has 2 rings (SSSR count). The zero-order valence-corrected chi connectivity index (χ0v) is 13.0. The monoisotopic (exact) mass is 297 g/mol. The van der Waals surface area contributed by atoms with Crippen molar-refractivity contribution in [1.82, 2.24) is 14.7 Å². The van der Waals surface area contributed by atoms with E-state index in [4.69, 9.17) is 5.11 Å². The normalized spacial score (nSPS) is 22.4. The molecule has 1 N–H and O–H groups in total. The number of hydrogen-bond acceptors (Lipinski definition) is 4. The summed E-state index contributed by atoms with van der Waals surface area (Å²) in [6, 6.07) is 0. The molecule has 1 amide bonds. The Hall–Kier alpha value is -1.14. The van der Waals surface area contributed by atoms with Gasteiger partial charge in [-0.2, -0.15) is 0 Å². The summed E-state index contributed by atoms with van der Waals surface area (Å²) in [6.07, 6.45) is 2.44.